The maximum atomic E-state index is 5.67. The Morgan fingerprint density at radius 2 is 2.11 bits per heavy atom. The lowest BCUT2D eigenvalue weighted by molar-refractivity contribution is 0.458. The normalized spacial score (nSPS) is 10.2. The van der Waals surface area contributed by atoms with Crippen LogP contribution in [0, 0.1) is 0 Å². The number of rotatable bonds is 4. The Morgan fingerprint density at radius 3 is 2.83 bits per heavy atom. The number of nitrogens with one attached hydrogen (secondary N) is 1. The lowest BCUT2D eigenvalue weighted by Gasteiger charge is -2.08. The summed E-state index contributed by atoms with van der Waals surface area (Å²) in [4.78, 5) is 8.36. The zero-order chi connectivity index (χ0) is 13.0. The largest absolute Gasteiger partial charge is 0.436 e. The average Bonchev–Trinajstić information content (AvgIpc) is 2.34. The van der Waals surface area contributed by atoms with Gasteiger partial charge in [0.25, 0.3) is 0 Å². The third-order valence-corrected chi connectivity index (χ3v) is 3.19. The van der Waals surface area contributed by atoms with Crippen LogP contribution in [0.3, 0.4) is 0 Å². The van der Waals surface area contributed by atoms with E-state index in [2.05, 4.69) is 47.1 Å². The van der Waals surface area contributed by atoms with Crippen LogP contribution >= 0.6 is 31.9 Å². The number of anilines is 1. The summed E-state index contributed by atoms with van der Waals surface area (Å²) in [5, 5.41) is 3.08. The minimum absolute atomic E-state index is 0.455. The fraction of sp³-hybridized carbons (Fsp3) is 0.167. The van der Waals surface area contributed by atoms with Crippen LogP contribution in [0.4, 0.5) is 5.82 Å². The summed E-state index contributed by atoms with van der Waals surface area (Å²) in [5.41, 5.74) is 0. The number of hydrogen-bond donors (Lipinski definition) is 1. The fourth-order valence-corrected chi connectivity index (χ4v) is 2.46. The van der Waals surface area contributed by atoms with Crippen LogP contribution in [0.15, 0.2) is 39.5 Å². The van der Waals surface area contributed by atoms with Crippen molar-refractivity contribution in [1.29, 1.82) is 0 Å². The van der Waals surface area contributed by atoms with Crippen molar-refractivity contribution in [2.75, 3.05) is 11.9 Å². The van der Waals surface area contributed by atoms with Crippen molar-refractivity contribution in [2.45, 2.75) is 6.92 Å². The third-order valence-electron chi connectivity index (χ3n) is 2.08. The predicted molar refractivity (Wildman–Crippen MR) is 78.1 cm³/mol. The molecule has 4 nitrogen and oxygen atoms in total. The zero-order valence-corrected chi connectivity index (χ0v) is 12.8. The first kappa shape index (κ1) is 13.3. The van der Waals surface area contributed by atoms with Gasteiger partial charge in [-0.3, -0.25) is 4.98 Å². The second-order valence-corrected chi connectivity index (χ2v) is 5.22. The Morgan fingerprint density at radius 1 is 1.28 bits per heavy atom. The van der Waals surface area contributed by atoms with Gasteiger partial charge < -0.3 is 10.1 Å². The Labute approximate surface area is 122 Å². The van der Waals surface area contributed by atoms with Gasteiger partial charge in [-0.05, 0) is 41.1 Å². The zero-order valence-electron chi connectivity index (χ0n) is 9.65. The van der Waals surface area contributed by atoms with Gasteiger partial charge in [0.05, 0.1) is 16.9 Å². The summed E-state index contributed by atoms with van der Waals surface area (Å²) in [6, 6.07) is 5.67. The van der Waals surface area contributed by atoms with Crippen LogP contribution in [0.1, 0.15) is 6.92 Å². The molecular formula is C12H11Br2N3O. The lowest BCUT2D eigenvalue weighted by Crippen LogP contribution is -2.00. The molecule has 0 bridgehead atoms. The molecule has 0 spiro atoms. The lowest BCUT2D eigenvalue weighted by atomic mass is 10.3. The van der Waals surface area contributed by atoms with Crippen LogP contribution in [0.5, 0.6) is 11.6 Å². The van der Waals surface area contributed by atoms with E-state index in [4.69, 9.17) is 4.74 Å². The van der Waals surface area contributed by atoms with Gasteiger partial charge in [-0.15, -0.1) is 0 Å². The van der Waals surface area contributed by atoms with Gasteiger partial charge in [0, 0.05) is 11.0 Å². The Hall–Kier alpha value is -1.14. The molecule has 6 heteroatoms. The molecule has 1 heterocycles. The van der Waals surface area contributed by atoms with Crippen LogP contribution in [-0.4, -0.2) is 16.5 Å². The molecule has 18 heavy (non-hydrogen) atoms. The molecule has 1 aromatic carbocycles. The van der Waals surface area contributed by atoms with E-state index in [9.17, 15) is 0 Å². The van der Waals surface area contributed by atoms with E-state index in [-0.39, 0.29) is 0 Å². The molecule has 2 aromatic rings. The average molecular weight is 373 g/mol. The summed E-state index contributed by atoms with van der Waals surface area (Å²) in [5.74, 6) is 1.85. The SMILES string of the molecule is CCNc1cncc(Oc2ccc(Br)cc2Br)n1. The Balaban J connectivity index is 2.20. The first-order valence-electron chi connectivity index (χ1n) is 5.38. The third kappa shape index (κ3) is 3.43. The van der Waals surface area contributed by atoms with E-state index >= 15 is 0 Å². The van der Waals surface area contributed by atoms with E-state index in [1.165, 1.54) is 0 Å². The Kier molecular flexibility index (Phi) is 4.54. The highest BCUT2D eigenvalue weighted by atomic mass is 79.9. The van der Waals surface area contributed by atoms with E-state index in [1.807, 2.05) is 25.1 Å². The van der Waals surface area contributed by atoms with Crippen molar-refractivity contribution in [3.8, 4) is 11.6 Å². The predicted octanol–water partition coefficient (Wildman–Crippen LogP) is 4.23. The highest BCUT2D eigenvalue weighted by Crippen LogP contribution is 2.31. The number of nitrogens with zero attached hydrogens (tertiary/aromatic N) is 2. The molecule has 0 radical (unpaired) electrons. The first-order chi connectivity index (χ1) is 8.69. The molecule has 94 valence electrons. The quantitative estimate of drug-likeness (QED) is 0.872. The van der Waals surface area contributed by atoms with Gasteiger partial charge in [0.2, 0.25) is 5.88 Å². The number of benzene rings is 1. The molecular weight excluding hydrogens is 362 g/mol. The van der Waals surface area contributed by atoms with Gasteiger partial charge in [-0.1, -0.05) is 15.9 Å². The summed E-state index contributed by atoms with van der Waals surface area (Å²) in [6.45, 7) is 2.79. The molecule has 0 aliphatic carbocycles. The van der Waals surface area contributed by atoms with E-state index in [0.29, 0.717) is 17.4 Å². The molecule has 0 atom stereocenters. The molecule has 0 fully saturated rings. The van der Waals surface area contributed by atoms with Crippen molar-refractivity contribution >= 4 is 37.7 Å². The van der Waals surface area contributed by atoms with Gasteiger partial charge in [0.15, 0.2) is 0 Å². The second kappa shape index (κ2) is 6.15. The molecule has 0 amide bonds. The fourth-order valence-electron chi connectivity index (χ4n) is 1.33. The second-order valence-electron chi connectivity index (χ2n) is 3.45. The molecule has 1 aromatic heterocycles. The summed E-state index contributed by atoms with van der Waals surface area (Å²) >= 11 is 6.83. The van der Waals surface area contributed by atoms with Crippen LogP contribution < -0.4 is 10.1 Å². The van der Waals surface area contributed by atoms with Gasteiger partial charge in [0.1, 0.15) is 11.6 Å². The van der Waals surface area contributed by atoms with E-state index < -0.39 is 0 Å². The molecule has 0 saturated heterocycles. The van der Waals surface area contributed by atoms with E-state index in [1.54, 1.807) is 12.4 Å². The molecule has 2 rings (SSSR count). The Bertz CT molecular complexity index is 549. The maximum absolute atomic E-state index is 5.67. The van der Waals surface area contributed by atoms with Crippen LogP contribution in [0.2, 0.25) is 0 Å². The number of ether oxygens (including phenoxy) is 1. The van der Waals surface area contributed by atoms with Crippen molar-refractivity contribution in [2.24, 2.45) is 0 Å². The standard InChI is InChI=1S/C12H11Br2N3O/c1-2-16-11-6-15-7-12(17-11)18-10-4-3-8(13)5-9(10)14/h3-7H,2H2,1H3,(H,16,17). The maximum Gasteiger partial charge on any atom is 0.239 e. The number of aromatic nitrogens is 2. The van der Waals surface area contributed by atoms with Crippen molar-refractivity contribution in [3.63, 3.8) is 0 Å². The molecule has 1 N–H and O–H groups in total. The molecule has 0 aliphatic heterocycles. The minimum atomic E-state index is 0.455. The minimum Gasteiger partial charge on any atom is -0.436 e. The van der Waals surface area contributed by atoms with Crippen molar-refractivity contribution < 1.29 is 4.74 Å². The molecule has 0 saturated carbocycles. The molecule has 0 aliphatic rings. The van der Waals surface area contributed by atoms with Crippen LogP contribution in [-0.2, 0) is 0 Å². The summed E-state index contributed by atoms with van der Waals surface area (Å²) < 4.78 is 7.50. The van der Waals surface area contributed by atoms with Crippen molar-refractivity contribution in [1.82, 2.24) is 9.97 Å². The highest BCUT2D eigenvalue weighted by molar-refractivity contribution is 9.11. The highest BCUT2D eigenvalue weighted by Gasteiger charge is 2.05. The smallest absolute Gasteiger partial charge is 0.239 e. The summed E-state index contributed by atoms with van der Waals surface area (Å²) in [7, 11) is 0. The topological polar surface area (TPSA) is 47.0 Å². The van der Waals surface area contributed by atoms with Gasteiger partial charge in [-0.2, -0.15) is 4.98 Å². The van der Waals surface area contributed by atoms with Gasteiger partial charge >= 0.3 is 0 Å². The van der Waals surface area contributed by atoms with Gasteiger partial charge in [-0.25, -0.2) is 0 Å². The summed E-state index contributed by atoms with van der Waals surface area (Å²) in [6.07, 6.45) is 3.24. The molecule has 0 unspecified atom stereocenters. The monoisotopic (exact) mass is 371 g/mol. The van der Waals surface area contributed by atoms with Crippen LogP contribution in [0.25, 0.3) is 0 Å². The number of halogens is 2. The number of hydrogen-bond acceptors (Lipinski definition) is 4. The first-order valence-corrected chi connectivity index (χ1v) is 6.96. The van der Waals surface area contributed by atoms with E-state index in [0.717, 1.165) is 15.5 Å². The van der Waals surface area contributed by atoms with Crippen molar-refractivity contribution in [3.05, 3.63) is 39.5 Å².